The molecule has 0 spiro atoms. The molecule has 6 heteroatoms. The minimum atomic E-state index is -0.119. The number of carbonyl (C=O) groups is 1. The summed E-state index contributed by atoms with van der Waals surface area (Å²) in [7, 11) is 3.17. The summed E-state index contributed by atoms with van der Waals surface area (Å²) in [6.45, 7) is 0.676. The lowest BCUT2D eigenvalue weighted by Crippen LogP contribution is -2.37. The monoisotopic (exact) mass is 263 g/mol. The van der Waals surface area contributed by atoms with Crippen molar-refractivity contribution in [2.24, 2.45) is 0 Å². The Morgan fingerprint density at radius 1 is 1.21 bits per heavy atom. The molecule has 1 aromatic carbocycles. The van der Waals surface area contributed by atoms with Crippen LogP contribution in [0.3, 0.4) is 0 Å². The zero-order valence-corrected chi connectivity index (χ0v) is 10.9. The predicted octanol–water partition coefficient (Wildman–Crippen LogP) is 1.02. The lowest BCUT2D eigenvalue weighted by molar-refractivity contribution is -0.118. The molecule has 2 rings (SSSR count). The average Bonchev–Trinajstić information content (AvgIpc) is 2.46. The Morgan fingerprint density at radius 2 is 2.05 bits per heavy atom. The Bertz CT molecular complexity index is 500. The van der Waals surface area contributed by atoms with Crippen molar-refractivity contribution >= 4 is 11.6 Å². The van der Waals surface area contributed by atoms with Gasteiger partial charge in [0.15, 0.2) is 0 Å². The van der Waals surface area contributed by atoms with Crippen molar-refractivity contribution in [1.82, 2.24) is 10.7 Å². The number of hydrogen-bond acceptors (Lipinski definition) is 5. The third kappa shape index (κ3) is 3.09. The number of amides is 1. The summed E-state index contributed by atoms with van der Waals surface area (Å²) in [6, 6.07) is 5.38. The van der Waals surface area contributed by atoms with Crippen LogP contribution in [0.4, 0.5) is 5.69 Å². The van der Waals surface area contributed by atoms with Gasteiger partial charge in [0.1, 0.15) is 17.2 Å². The van der Waals surface area contributed by atoms with E-state index in [1.807, 2.05) is 18.2 Å². The van der Waals surface area contributed by atoms with Crippen LogP contribution in [0.15, 0.2) is 30.0 Å². The Hall–Kier alpha value is -2.37. The topological polar surface area (TPSA) is 71.6 Å². The van der Waals surface area contributed by atoms with E-state index in [1.165, 1.54) is 0 Å². The quantitative estimate of drug-likeness (QED) is 0.692. The molecule has 19 heavy (non-hydrogen) atoms. The highest BCUT2D eigenvalue weighted by molar-refractivity contribution is 5.93. The first-order valence-electron chi connectivity index (χ1n) is 5.97. The van der Waals surface area contributed by atoms with E-state index in [2.05, 4.69) is 16.2 Å². The van der Waals surface area contributed by atoms with Gasteiger partial charge in [0.05, 0.1) is 19.9 Å². The average molecular weight is 263 g/mol. The van der Waals surface area contributed by atoms with E-state index >= 15 is 0 Å². The van der Waals surface area contributed by atoms with Crippen LogP contribution in [0.5, 0.6) is 11.5 Å². The first-order chi connectivity index (χ1) is 9.24. The minimum absolute atomic E-state index is 0.119. The van der Waals surface area contributed by atoms with Gasteiger partial charge in [0, 0.05) is 12.6 Å². The maximum Gasteiger partial charge on any atom is 0.268 e. The number of anilines is 1. The molecule has 102 valence electrons. The van der Waals surface area contributed by atoms with Gasteiger partial charge in [0.2, 0.25) is 0 Å². The number of ether oxygens (including phenoxy) is 2. The van der Waals surface area contributed by atoms with Crippen molar-refractivity contribution in [1.29, 1.82) is 0 Å². The number of hydrazine groups is 1. The molecule has 1 aliphatic rings. The maximum absolute atomic E-state index is 11.5. The molecule has 3 N–H and O–H groups in total. The summed E-state index contributed by atoms with van der Waals surface area (Å²) in [6.07, 6.45) is 2.66. The number of carbonyl (C=O) groups excluding carboxylic acids is 1. The second-order valence-corrected chi connectivity index (χ2v) is 3.98. The highest BCUT2D eigenvalue weighted by Crippen LogP contribution is 2.28. The Labute approximate surface area is 111 Å². The molecule has 6 nitrogen and oxygen atoms in total. The molecule has 0 bridgehead atoms. The number of hydrogen-bond donors (Lipinski definition) is 3. The van der Waals surface area contributed by atoms with Gasteiger partial charge in [-0.15, -0.1) is 0 Å². The summed E-state index contributed by atoms with van der Waals surface area (Å²) >= 11 is 0. The van der Waals surface area contributed by atoms with E-state index in [1.54, 1.807) is 20.3 Å². The van der Waals surface area contributed by atoms with E-state index in [-0.39, 0.29) is 5.91 Å². The van der Waals surface area contributed by atoms with Gasteiger partial charge in [-0.25, -0.2) is 0 Å². The third-order valence-corrected chi connectivity index (χ3v) is 2.76. The van der Waals surface area contributed by atoms with Crippen LogP contribution in [-0.2, 0) is 4.79 Å². The molecule has 0 saturated heterocycles. The second kappa shape index (κ2) is 5.99. The fourth-order valence-electron chi connectivity index (χ4n) is 1.73. The minimum Gasteiger partial charge on any atom is -0.497 e. The fraction of sp³-hybridized carbons (Fsp3) is 0.308. The van der Waals surface area contributed by atoms with Gasteiger partial charge in [-0.3, -0.25) is 15.6 Å². The highest BCUT2D eigenvalue weighted by atomic mass is 16.5. The summed E-state index contributed by atoms with van der Waals surface area (Å²) in [5.74, 6) is 1.21. The fourth-order valence-corrected chi connectivity index (χ4v) is 1.73. The third-order valence-electron chi connectivity index (χ3n) is 2.76. The van der Waals surface area contributed by atoms with E-state index in [0.29, 0.717) is 23.7 Å². The maximum atomic E-state index is 11.5. The first-order valence-corrected chi connectivity index (χ1v) is 5.97. The van der Waals surface area contributed by atoms with E-state index in [0.717, 1.165) is 12.1 Å². The molecule has 0 aromatic heterocycles. The number of rotatable bonds is 5. The Kier molecular flexibility index (Phi) is 4.12. The van der Waals surface area contributed by atoms with Crippen molar-refractivity contribution < 1.29 is 14.3 Å². The van der Waals surface area contributed by atoms with Gasteiger partial charge < -0.3 is 14.8 Å². The summed E-state index contributed by atoms with van der Waals surface area (Å²) in [5.41, 5.74) is 7.06. The number of methoxy groups -OCH3 is 2. The predicted molar refractivity (Wildman–Crippen MR) is 72.0 cm³/mol. The first kappa shape index (κ1) is 13.1. The molecule has 0 fully saturated rings. The molecular weight excluding hydrogens is 246 g/mol. The largest absolute Gasteiger partial charge is 0.497 e. The Morgan fingerprint density at radius 3 is 2.74 bits per heavy atom. The second-order valence-electron chi connectivity index (χ2n) is 3.98. The van der Waals surface area contributed by atoms with Crippen LogP contribution in [0, 0.1) is 0 Å². The molecule has 1 heterocycles. The van der Waals surface area contributed by atoms with Gasteiger partial charge in [-0.05, 0) is 18.6 Å². The molecule has 0 aliphatic carbocycles. The lowest BCUT2D eigenvalue weighted by Gasteiger charge is -2.18. The molecular formula is C13H17N3O3. The lowest BCUT2D eigenvalue weighted by atomic mass is 10.2. The van der Waals surface area contributed by atoms with Gasteiger partial charge in [0.25, 0.3) is 5.91 Å². The smallest absolute Gasteiger partial charge is 0.268 e. The normalized spacial score (nSPS) is 14.2. The molecule has 0 atom stereocenters. The molecule has 0 saturated carbocycles. The van der Waals surface area contributed by atoms with Crippen LogP contribution >= 0.6 is 0 Å². The van der Waals surface area contributed by atoms with E-state index in [9.17, 15) is 4.79 Å². The van der Waals surface area contributed by atoms with Gasteiger partial charge >= 0.3 is 0 Å². The van der Waals surface area contributed by atoms with Crippen molar-refractivity contribution in [2.45, 2.75) is 6.42 Å². The van der Waals surface area contributed by atoms with E-state index < -0.39 is 0 Å². The van der Waals surface area contributed by atoms with Crippen LogP contribution < -0.4 is 25.6 Å². The number of nitrogens with one attached hydrogen (secondary N) is 3. The van der Waals surface area contributed by atoms with Gasteiger partial charge in [-0.2, -0.15) is 0 Å². The zero-order chi connectivity index (χ0) is 13.7. The summed E-state index contributed by atoms with van der Waals surface area (Å²) in [4.78, 5) is 11.5. The molecule has 1 aromatic rings. The van der Waals surface area contributed by atoms with Crippen LogP contribution in [-0.4, -0.2) is 26.7 Å². The summed E-state index contributed by atoms with van der Waals surface area (Å²) < 4.78 is 10.4. The zero-order valence-electron chi connectivity index (χ0n) is 10.9. The van der Waals surface area contributed by atoms with Crippen molar-refractivity contribution in [2.75, 3.05) is 26.2 Å². The van der Waals surface area contributed by atoms with Crippen molar-refractivity contribution in [3.63, 3.8) is 0 Å². The van der Waals surface area contributed by atoms with Crippen LogP contribution in [0.25, 0.3) is 0 Å². The Balaban J connectivity index is 2.06. The number of benzene rings is 1. The van der Waals surface area contributed by atoms with Crippen molar-refractivity contribution in [3.05, 3.63) is 30.0 Å². The SMILES string of the molecule is COc1ccc(NNC2=CCCNC2=O)c(OC)c1. The molecule has 0 unspecified atom stereocenters. The van der Waals surface area contributed by atoms with Crippen molar-refractivity contribution in [3.8, 4) is 11.5 Å². The van der Waals surface area contributed by atoms with Crippen LogP contribution in [0.2, 0.25) is 0 Å². The molecule has 1 aliphatic heterocycles. The van der Waals surface area contributed by atoms with Gasteiger partial charge in [-0.1, -0.05) is 6.08 Å². The summed E-state index contributed by atoms with van der Waals surface area (Å²) in [5, 5.41) is 2.75. The van der Waals surface area contributed by atoms with Crippen LogP contribution in [0.1, 0.15) is 6.42 Å². The molecule has 1 amide bonds. The highest BCUT2D eigenvalue weighted by Gasteiger charge is 2.13. The van der Waals surface area contributed by atoms with E-state index in [4.69, 9.17) is 9.47 Å². The molecule has 0 radical (unpaired) electrons. The standard InChI is InChI=1S/C13H17N3O3/c1-18-9-5-6-10(12(8-9)19-2)15-16-11-4-3-7-14-13(11)17/h4-6,8,15-16H,3,7H2,1-2H3,(H,14,17).